The third kappa shape index (κ3) is 7.09. The molecule has 2 aliphatic rings. The molecule has 0 bridgehead atoms. The number of halogens is 1. The van der Waals surface area contributed by atoms with Crippen molar-refractivity contribution in [3.8, 4) is 0 Å². The van der Waals surface area contributed by atoms with Gasteiger partial charge in [-0.1, -0.05) is 30.3 Å². The summed E-state index contributed by atoms with van der Waals surface area (Å²) >= 11 is 0. The molecule has 2 saturated heterocycles. The summed E-state index contributed by atoms with van der Waals surface area (Å²) in [6, 6.07) is 10.3. The molecular formula is C22H35IN4O3. The van der Waals surface area contributed by atoms with Crippen molar-refractivity contribution in [2.24, 2.45) is 4.99 Å². The Morgan fingerprint density at radius 1 is 1.23 bits per heavy atom. The zero-order valence-corrected chi connectivity index (χ0v) is 20.4. The van der Waals surface area contributed by atoms with Crippen LogP contribution in [-0.2, 0) is 14.3 Å². The summed E-state index contributed by atoms with van der Waals surface area (Å²) in [6.07, 6.45) is 2.63. The van der Waals surface area contributed by atoms with Crippen LogP contribution >= 0.6 is 24.0 Å². The van der Waals surface area contributed by atoms with Gasteiger partial charge in [0.25, 0.3) is 5.91 Å². The number of aliphatic imine (C=N–C) groups is 1. The van der Waals surface area contributed by atoms with E-state index in [1.807, 2.05) is 23.1 Å². The number of nitrogens with zero attached hydrogens (tertiary/aromatic N) is 3. The third-order valence-corrected chi connectivity index (χ3v) is 5.55. The second kappa shape index (κ2) is 13.1. The lowest BCUT2D eigenvalue weighted by Crippen LogP contribution is -2.55. The first-order chi connectivity index (χ1) is 14.2. The van der Waals surface area contributed by atoms with Crippen molar-refractivity contribution in [1.82, 2.24) is 15.1 Å². The molecule has 2 atom stereocenters. The number of guanidine groups is 1. The van der Waals surface area contributed by atoms with Crippen LogP contribution in [0.5, 0.6) is 0 Å². The number of amides is 1. The van der Waals surface area contributed by atoms with E-state index in [-0.39, 0.29) is 42.1 Å². The highest BCUT2D eigenvalue weighted by atomic mass is 127. The predicted octanol–water partition coefficient (Wildman–Crippen LogP) is 2.67. The first kappa shape index (κ1) is 24.9. The molecule has 0 radical (unpaired) electrons. The molecule has 1 aromatic rings. The molecule has 2 fully saturated rings. The minimum Gasteiger partial charge on any atom is -0.374 e. The summed E-state index contributed by atoms with van der Waals surface area (Å²) in [7, 11) is 1.81. The van der Waals surface area contributed by atoms with Gasteiger partial charge < -0.3 is 24.6 Å². The molecule has 2 aliphatic heterocycles. The van der Waals surface area contributed by atoms with Crippen LogP contribution in [0.3, 0.4) is 0 Å². The molecule has 1 aromatic carbocycles. The van der Waals surface area contributed by atoms with Crippen molar-refractivity contribution < 1.29 is 14.3 Å². The first-order valence-corrected chi connectivity index (χ1v) is 10.7. The predicted molar refractivity (Wildman–Crippen MR) is 129 cm³/mol. The van der Waals surface area contributed by atoms with Gasteiger partial charge in [0, 0.05) is 53.0 Å². The molecule has 0 aliphatic carbocycles. The number of benzene rings is 1. The van der Waals surface area contributed by atoms with Gasteiger partial charge in [-0.2, -0.15) is 0 Å². The van der Waals surface area contributed by atoms with Crippen LogP contribution in [0.4, 0.5) is 0 Å². The summed E-state index contributed by atoms with van der Waals surface area (Å²) in [4.78, 5) is 21.0. The van der Waals surface area contributed by atoms with Gasteiger partial charge in [-0.3, -0.25) is 9.79 Å². The topological polar surface area (TPSA) is 66.4 Å². The molecule has 7 nitrogen and oxygen atoms in total. The molecule has 1 N–H and O–H groups in total. The van der Waals surface area contributed by atoms with E-state index in [2.05, 4.69) is 34.3 Å². The van der Waals surface area contributed by atoms with Gasteiger partial charge in [-0.25, -0.2) is 0 Å². The standard InChI is InChI=1S/C22H34N4O3.HI/c1-18(19-8-4-3-5-9-19)28-17-7-11-24-22(23-2)26-14-12-25(13-15-26)21(27)20-10-6-16-29-20;/h3-5,8-9,18,20H,6-7,10-17H2,1-2H3,(H,23,24);1H. The van der Waals surface area contributed by atoms with Gasteiger partial charge in [0.15, 0.2) is 5.96 Å². The smallest absolute Gasteiger partial charge is 0.251 e. The Bertz CT molecular complexity index is 660. The average Bonchev–Trinajstić information content (AvgIpc) is 3.31. The largest absolute Gasteiger partial charge is 0.374 e. The van der Waals surface area contributed by atoms with E-state index in [9.17, 15) is 4.79 Å². The molecule has 1 amide bonds. The minimum absolute atomic E-state index is 0. The highest BCUT2D eigenvalue weighted by Gasteiger charge is 2.30. The van der Waals surface area contributed by atoms with Crippen LogP contribution < -0.4 is 5.32 Å². The average molecular weight is 530 g/mol. The van der Waals surface area contributed by atoms with Gasteiger partial charge in [0.1, 0.15) is 6.10 Å². The normalized spacial score (nSPS) is 20.6. The molecular weight excluding hydrogens is 495 g/mol. The summed E-state index contributed by atoms with van der Waals surface area (Å²) in [5.41, 5.74) is 1.20. The second-order valence-electron chi connectivity index (χ2n) is 7.57. The van der Waals surface area contributed by atoms with Gasteiger partial charge in [0.05, 0.1) is 6.10 Å². The molecule has 0 aromatic heterocycles. The Balaban J connectivity index is 0.00000320. The number of hydrogen-bond donors (Lipinski definition) is 1. The van der Waals surface area contributed by atoms with Crippen molar-refractivity contribution >= 4 is 35.8 Å². The quantitative estimate of drug-likeness (QED) is 0.254. The van der Waals surface area contributed by atoms with Gasteiger partial charge in [-0.05, 0) is 31.7 Å². The van der Waals surface area contributed by atoms with Crippen molar-refractivity contribution in [1.29, 1.82) is 0 Å². The lowest BCUT2D eigenvalue weighted by atomic mass is 10.1. The van der Waals surface area contributed by atoms with Crippen LogP contribution in [0.1, 0.15) is 37.9 Å². The lowest BCUT2D eigenvalue weighted by molar-refractivity contribution is -0.142. The molecule has 3 rings (SSSR count). The van der Waals surface area contributed by atoms with Gasteiger partial charge in [0.2, 0.25) is 0 Å². The first-order valence-electron chi connectivity index (χ1n) is 10.7. The van der Waals surface area contributed by atoms with Gasteiger partial charge in [-0.15, -0.1) is 24.0 Å². The van der Waals surface area contributed by atoms with Crippen LogP contribution in [0.25, 0.3) is 0 Å². The number of carbonyl (C=O) groups excluding carboxylic acids is 1. The molecule has 30 heavy (non-hydrogen) atoms. The summed E-state index contributed by atoms with van der Waals surface area (Å²) in [5.74, 6) is 1.04. The van der Waals surface area contributed by atoms with Crippen molar-refractivity contribution in [3.63, 3.8) is 0 Å². The van der Waals surface area contributed by atoms with E-state index in [0.717, 1.165) is 57.9 Å². The maximum atomic E-state index is 12.5. The van der Waals surface area contributed by atoms with E-state index in [0.29, 0.717) is 13.2 Å². The number of ether oxygens (including phenoxy) is 2. The SMILES string of the molecule is CN=C(NCCCOC(C)c1ccccc1)N1CCN(C(=O)C2CCCO2)CC1.I. The maximum Gasteiger partial charge on any atom is 0.251 e. The number of nitrogens with one attached hydrogen (secondary N) is 1. The van der Waals surface area contributed by atoms with Crippen LogP contribution in [0.15, 0.2) is 35.3 Å². The van der Waals surface area contributed by atoms with E-state index in [1.165, 1.54) is 5.56 Å². The Morgan fingerprint density at radius 3 is 2.57 bits per heavy atom. The number of carbonyl (C=O) groups is 1. The van der Waals surface area contributed by atoms with E-state index >= 15 is 0 Å². The highest BCUT2D eigenvalue weighted by Crippen LogP contribution is 2.17. The zero-order chi connectivity index (χ0) is 20.5. The highest BCUT2D eigenvalue weighted by molar-refractivity contribution is 14.0. The summed E-state index contributed by atoms with van der Waals surface area (Å²) < 4.78 is 11.5. The van der Waals surface area contributed by atoms with Crippen LogP contribution in [0.2, 0.25) is 0 Å². The minimum atomic E-state index is -0.225. The van der Waals surface area contributed by atoms with Crippen molar-refractivity contribution in [2.75, 3.05) is 53.0 Å². The molecule has 8 heteroatoms. The lowest BCUT2D eigenvalue weighted by Gasteiger charge is -2.37. The fraction of sp³-hybridized carbons (Fsp3) is 0.636. The molecule has 0 spiro atoms. The van der Waals surface area contributed by atoms with Crippen molar-refractivity contribution in [3.05, 3.63) is 35.9 Å². The molecule has 0 saturated carbocycles. The van der Waals surface area contributed by atoms with E-state index < -0.39 is 0 Å². The van der Waals surface area contributed by atoms with Crippen LogP contribution in [-0.4, -0.2) is 80.8 Å². The van der Waals surface area contributed by atoms with E-state index in [1.54, 1.807) is 7.05 Å². The zero-order valence-electron chi connectivity index (χ0n) is 18.1. The Kier molecular flexibility index (Phi) is 10.9. The molecule has 2 unspecified atom stereocenters. The van der Waals surface area contributed by atoms with Crippen molar-refractivity contribution in [2.45, 2.75) is 38.4 Å². The van der Waals surface area contributed by atoms with Gasteiger partial charge >= 0.3 is 0 Å². The second-order valence-corrected chi connectivity index (χ2v) is 7.57. The number of piperazine rings is 1. The van der Waals surface area contributed by atoms with E-state index in [4.69, 9.17) is 9.47 Å². The molecule has 168 valence electrons. The Morgan fingerprint density at radius 2 is 1.93 bits per heavy atom. The van der Waals surface area contributed by atoms with Crippen LogP contribution in [0, 0.1) is 0 Å². The Labute approximate surface area is 197 Å². The fourth-order valence-corrected chi connectivity index (χ4v) is 3.80. The number of hydrogen-bond acceptors (Lipinski definition) is 4. The monoisotopic (exact) mass is 530 g/mol. The maximum absolute atomic E-state index is 12.5. The molecule has 2 heterocycles. The Hall–Kier alpha value is -1.39. The number of rotatable bonds is 7. The third-order valence-electron chi connectivity index (χ3n) is 5.55. The summed E-state index contributed by atoms with van der Waals surface area (Å²) in [6.45, 7) is 7.32. The summed E-state index contributed by atoms with van der Waals surface area (Å²) in [5, 5.41) is 3.42. The fourth-order valence-electron chi connectivity index (χ4n) is 3.80.